The summed E-state index contributed by atoms with van der Waals surface area (Å²) in [5.41, 5.74) is 1.96. The molecule has 0 unspecified atom stereocenters. The molecule has 0 spiro atoms. The Bertz CT molecular complexity index is 1180. The molecule has 3 aromatic heterocycles. The van der Waals surface area contributed by atoms with Crippen molar-refractivity contribution in [1.29, 1.82) is 0 Å². The van der Waals surface area contributed by atoms with E-state index < -0.39 is 11.5 Å². The van der Waals surface area contributed by atoms with E-state index in [0.29, 0.717) is 10.7 Å². The first-order valence-electron chi connectivity index (χ1n) is 8.48. The van der Waals surface area contributed by atoms with Gasteiger partial charge in [-0.3, -0.25) is 19.0 Å². The highest BCUT2D eigenvalue weighted by atomic mass is 32.1. The number of ether oxygens (including phenoxy) is 1. The van der Waals surface area contributed by atoms with E-state index in [0.717, 1.165) is 16.9 Å². The monoisotopic (exact) mass is 392 g/mol. The van der Waals surface area contributed by atoms with Crippen molar-refractivity contribution in [1.82, 2.24) is 19.7 Å². The van der Waals surface area contributed by atoms with E-state index in [4.69, 9.17) is 4.74 Å². The third-order valence-electron chi connectivity index (χ3n) is 4.25. The predicted octanol–water partition coefficient (Wildman–Crippen LogP) is 2.76. The van der Waals surface area contributed by atoms with Crippen molar-refractivity contribution < 1.29 is 9.53 Å². The van der Waals surface area contributed by atoms with Crippen LogP contribution < -0.4 is 15.6 Å². The number of rotatable bonds is 5. The number of hydrogen-bond acceptors (Lipinski definition) is 6. The molecule has 0 bridgehead atoms. The van der Waals surface area contributed by atoms with Gasteiger partial charge in [0.05, 0.1) is 12.8 Å². The fraction of sp³-hybridized carbons (Fsp3) is 0.100. The summed E-state index contributed by atoms with van der Waals surface area (Å²) in [5, 5.41) is 4.59. The van der Waals surface area contributed by atoms with Gasteiger partial charge >= 0.3 is 0 Å². The number of methoxy groups -OCH3 is 1. The number of amides is 1. The molecule has 0 fully saturated rings. The lowest BCUT2D eigenvalue weighted by molar-refractivity contribution is 0.0949. The Morgan fingerprint density at radius 1 is 1.21 bits per heavy atom. The molecule has 0 radical (unpaired) electrons. The number of hydrogen-bond donors (Lipinski definition) is 1. The van der Waals surface area contributed by atoms with Gasteiger partial charge in [-0.1, -0.05) is 6.07 Å². The highest BCUT2D eigenvalue weighted by molar-refractivity contribution is 7.15. The van der Waals surface area contributed by atoms with Gasteiger partial charge in [0, 0.05) is 30.5 Å². The Morgan fingerprint density at radius 2 is 2.04 bits per heavy atom. The van der Waals surface area contributed by atoms with Crippen LogP contribution in [-0.4, -0.2) is 27.4 Å². The first-order chi connectivity index (χ1) is 13.7. The van der Waals surface area contributed by atoms with Gasteiger partial charge in [0.2, 0.25) is 0 Å². The molecule has 0 aliphatic carbocycles. The number of benzene rings is 1. The Morgan fingerprint density at radius 3 is 2.75 bits per heavy atom. The van der Waals surface area contributed by atoms with E-state index in [2.05, 4.69) is 15.3 Å². The van der Waals surface area contributed by atoms with E-state index in [1.165, 1.54) is 21.9 Å². The maximum atomic E-state index is 13.0. The summed E-state index contributed by atoms with van der Waals surface area (Å²) in [5.74, 6) is 0.256. The SMILES string of the molecule is COc1ccc(-c2csc3ncc(C(=O)NCc4cccnc4)c(=O)n23)cc1. The second-order valence-electron chi connectivity index (χ2n) is 5.99. The molecule has 0 aliphatic rings. The second kappa shape index (κ2) is 7.61. The predicted molar refractivity (Wildman–Crippen MR) is 107 cm³/mol. The van der Waals surface area contributed by atoms with Crippen molar-refractivity contribution in [3.05, 3.63) is 81.8 Å². The molecular weight excluding hydrogens is 376 g/mol. The van der Waals surface area contributed by atoms with Gasteiger partial charge in [-0.2, -0.15) is 0 Å². The van der Waals surface area contributed by atoms with E-state index in [9.17, 15) is 9.59 Å². The van der Waals surface area contributed by atoms with Crippen LogP contribution in [0, 0.1) is 0 Å². The topological polar surface area (TPSA) is 85.6 Å². The zero-order valence-electron chi connectivity index (χ0n) is 15.0. The molecule has 0 aliphatic heterocycles. The van der Waals surface area contributed by atoms with E-state index in [1.807, 2.05) is 35.7 Å². The Kier molecular flexibility index (Phi) is 4.86. The molecule has 1 amide bonds. The van der Waals surface area contributed by atoms with Crippen molar-refractivity contribution in [2.24, 2.45) is 0 Å². The number of pyridine rings is 1. The summed E-state index contributed by atoms with van der Waals surface area (Å²) in [6.45, 7) is 0.282. The summed E-state index contributed by atoms with van der Waals surface area (Å²) >= 11 is 1.34. The van der Waals surface area contributed by atoms with Crippen LogP contribution in [0.3, 0.4) is 0 Å². The third-order valence-corrected chi connectivity index (χ3v) is 5.09. The summed E-state index contributed by atoms with van der Waals surface area (Å²) in [6.07, 6.45) is 4.65. The molecule has 140 valence electrons. The van der Waals surface area contributed by atoms with E-state index in [-0.39, 0.29) is 12.1 Å². The molecule has 1 aromatic carbocycles. The maximum absolute atomic E-state index is 13.0. The fourth-order valence-electron chi connectivity index (χ4n) is 2.79. The maximum Gasteiger partial charge on any atom is 0.271 e. The summed E-state index contributed by atoms with van der Waals surface area (Å²) in [6, 6.07) is 11.0. The van der Waals surface area contributed by atoms with Crippen molar-refractivity contribution >= 4 is 22.2 Å². The molecule has 28 heavy (non-hydrogen) atoms. The van der Waals surface area contributed by atoms with Crippen molar-refractivity contribution in [2.45, 2.75) is 6.54 Å². The van der Waals surface area contributed by atoms with Gasteiger partial charge in [0.1, 0.15) is 11.3 Å². The highest BCUT2D eigenvalue weighted by Crippen LogP contribution is 2.25. The molecule has 7 nitrogen and oxygen atoms in total. The third kappa shape index (κ3) is 3.37. The van der Waals surface area contributed by atoms with Crippen LogP contribution in [-0.2, 0) is 6.54 Å². The number of aromatic nitrogens is 3. The van der Waals surface area contributed by atoms with Gasteiger partial charge in [-0.25, -0.2) is 4.98 Å². The lowest BCUT2D eigenvalue weighted by Crippen LogP contribution is -2.31. The average Bonchev–Trinajstić information content (AvgIpc) is 3.18. The van der Waals surface area contributed by atoms with E-state index >= 15 is 0 Å². The number of nitrogens with zero attached hydrogens (tertiary/aromatic N) is 3. The first kappa shape index (κ1) is 17.9. The zero-order valence-corrected chi connectivity index (χ0v) is 15.8. The van der Waals surface area contributed by atoms with Gasteiger partial charge in [-0.15, -0.1) is 11.3 Å². The van der Waals surface area contributed by atoms with Crippen LogP contribution in [0.2, 0.25) is 0 Å². The fourth-order valence-corrected chi connectivity index (χ4v) is 3.65. The van der Waals surface area contributed by atoms with Gasteiger partial charge in [0.15, 0.2) is 4.96 Å². The van der Waals surface area contributed by atoms with Crippen LogP contribution in [0.4, 0.5) is 0 Å². The smallest absolute Gasteiger partial charge is 0.271 e. The lowest BCUT2D eigenvalue weighted by Gasteiger charge is -2.07. The number of carbonyl (C=O) groups is 1. The van der Waals surface area contributed by atoms with Crippen molar-refractivity contribution in [2.75, 3.05) is 7.11 Å². The lowest BCUT2D eigenvalue weighted by atomic mass is 10.1. The normalized spacial score (nSPS) is 10.8. The van der Waals surface area contributed by atoms with Crippen LogP contribution in [0.1, 0.15) is 15.9 Å². The van der Waals surface area contributed by atoms with Crippen LogP contribution in [0.15, 0.2) is 65.2 Å². The molecule has 1 N–H and O–H groups in total. The molecule has 4 aromatic rings. The second-order valence-corrected chi connectivity index (χ2v) is 6.82. The van der Waals surface area contributed by atoms with Crippen molar-refractivity contribution in [3.63, 3.8) is 0 Å². The average molecular weight is 392 g/mol. The van der Waals surface area contributed by atoms with Gasteiger partial charge in [0.25, 0.3) is 11.5 Å². The minimum absolute atomic E-state index is 0.00504. The Hall–Kier alpha value is -3.52. The highest BCUT2D eigenvalue weighted by Gasteiger charge is 2.17. The molecule has 0 saturated heterocycles. The molecule has 3 heterocycles. The molecule has 0 atom stereocenters. The zero-order chi connectivity index (χ0) is 19.5. The standard InChI is InChI=1S/C20H16N4O3S/c1-27-15-6-4-14(5-7-15)17-12-28-20-23-11-16(19(26)24(17)20)18(25)22-10-13-3-2-8-21-9-13/h2-9,11-12H,10H2,1H3,(H,22,25). The summed E-state index contributed by atoms with van der Waals surface area (Å²) in [7, 11) is 1.60. The minimum atomic E-state index is -0.470. The number of thiazole rings is 1. The minimum Gasteiger partial charge on any atom is -0.497 e. The number of carbonyl (C=O) groups excluding carboxylic acids is 1. The van der Waals surface area contributed by atoms with Crippen LogP contribution in [0.5, 0.6) is 5.75 Å². The Labute approximate surface area is 164 Å². The number of nitrogens with one attached hydrogen (secondary N) is 1. The largest absolute Gasteiger partial charge is 0.497 e. The van der Waals surface area contributed by atoms with E-state index in [1.54, 1.807) is 25.6 Å². The van der Waals surface area contributed by atoms with Crippen LogP contribution >= 0.6 is 11.3 Å². The summed E-state index contributed by atoms with van der Waals surface area (Å²) in [4.78, 5) is 34.3. The van der Waals surface area contributed by atoms with Crippen LogP contribution in [0.25, 0.3) is 16.2 Å². The van der Waals surface area contributed by atoms with Gasteiger partial charge in [-0.05, 0) is 41.5 Å². The first-order valence-corrected chi connectivity index (χ1v) is 9.36. The molecular formula is C20H16N4O3S. The van der Waals surface area contributed by atoms with Crippen molar-refractivity contribution in [3.8, 4) is 17.0 Å². The number of fused-ring (bicyclic) bond motifs is 1. The summed E-state index contributed by atoms with van der Waals surface area (Å²) < 4.78 is 6.64. The Balaban J connectivity index is 1.67. The molecule has 8 heteroatoms. The molecule has 0 saturated carbocycles. The quantitative estimate of drug-likeness (QED) is 0.564. The molecule has 4 rings (SSSR count). The van der Waals surface area contributed by atoms with Gasteiger partial charge < -0.3 is 10.1 Å².